The molecular formula is C20H19F6N7O. The molecule has 0 aliphatic carbocycles. The Bertz CT molecular complexity index is 1120. The molecule has 8 nitrogen and oxygen atoms in total. The summed E-state index contributed by atoms with van der Waals surface area (Å²) >= 11 is 0. The van der Waals surface area contributed by atoms with E-state index in [0.29, 0.717) is 23.8 Å². The lowest BCUT2D eigenvalue weighted by molar-refractivity contribution is -0.143. The molecule has 3 rings (SSSR count). The minimum Gasteiger partial charge on any atom is -0.375 e. The predicted octanol–water partition coefficient (Wildman–Crippen LogP) is 3.84. The average Bonchev–Trinajstić information content (AvgIpc) is 3.19. The zero-order chi connectivity index (χ0) is 25.1. The second-order valence-corrected chi connectivity index (χ2v) is 7.13. The zero-order valence-corrected chi connectivity index (χ0v) is 17.8. The van der Waals surface area contributed by atoms with Crippen LogP contribution in [0.25, 0.3) is 17.6 Å². The topological polar surface area (TPSA) is 101 Å². The lowest BCUT2D eigenvalue weighted by Gasteiger charge is -2.13. The van der Waals surface area contributed by atoms with Crippen LogP contribution in [-0.4, -0.2) is 42.7 Å². The molecule has 0 saturated heterocycles. The molecule has 0 spiro atoms. The van der Waals surface area contributed by atoms with Crippen LogP contribution in [0.2, 0.25) is 0 Å². The minimum atomic E-state index is -4.98. The predicted molar refractivity (Wildman–Crippen MR) is 110 cm³/mol. The van der Waals surface area contributed by atoms with Gasteiger partial charge in [-0.2, -0.15) is 26.3 Å². The third-order valence-electron chi connectivity index (χ3n) is 4.32. The molecule has 2 heterocycles. The number of aryl methyl sites for hydroxylation is 2. The van der Waals surface area contributed by atoms with Gasteiger partial charge in [-0.15, -0.1) is 5.10 Å². The monoisotopic (exact) mass is 487 g/mol. The second-order valence-electron chi connectivity index (χ2n) is 7.13. The van der Waals surface area contributed by atoms with Crippen molar-refractivity contribution in [2.45, 2.75) is 32.4 Å². The van der Waals surface area contributed by atoms with E-state index in [2.05, 4.69) is 30.7 Å². The summed E-state index contributed by atoms with van der Waals surface area (Å²) in [5.41, 5.74) is -2.62. The molecule has 0 bridgehead atoms. The smallest absolute Gasteiger partial charge is 0.375 e. The van der Waals surface area contributed by atoms with Crippen LogP contribution in [0.4, 0.5) is 32.2 Å². The first-order valence-corrected chi connectivity index (χ1v) is 9.68. The van der Waals surface area contributed by atoms with Crippen molar-refractivity contribution < 1.29 is 31.4 Å². The molecule has 182 valence electrons. The van der Waals surface area contributed by atoms with Gasteiger partial charge in [-0.25, -0.2) is 19.6 Å². The van der Waals surface area contributed by atoms with Gasteiger partial charge in [-0.05, 0) is 38.1 Å². The van der Waals surface area contributed by atoms with Gasteiger partial charge in [-0.1, -0.05) is 0 Å². The highest BCUT2D eigenvalue weighted by Crippen LogP contribution is 2.38. The molecule has 0 amide bonds. The lowest BCUT2D eigenvalue weighted by atomic mass is 10.0. The number of rotatable bonds is 7. The maximum atomic E-state index is 13.0. The van der Waals surface area contributed by atoms with Crippen LogP contribution in [0.15, 0.2) is 36.7 Å². The van der Waals surface area contributed by atoms with Crippen LogP contribution >= 0.6 is 0 Å². The third-order valence-corrected chi connectivity index (χ3v) is 4.32. The van der Waals surface area contributed by atoms with E-state index in [1.807, 2.05) is 0 Å². The van der Waals surface area contributed by atoms with Gasteiger partial charge in [-0.3, -0.25) is 5.32 Å². The van der Waals surface area contributed by atoms with E-state index in [9.17, 15) is 31.4 Å². The van der Waals surface area contributed by atoms with Gasteiger partial charge in [0.25, 0.3) is 0 Å². The van der Waals surface area contributed by atoms with Gasteiger partial charge in [0.2, 0.25) is 0 Å². The van der Waals surface area contributed by atoms with Crippen LogP contribution < -0.4 is 10.6 Å². The van der Waals surface area contributed by atoms with Gasteiger partial charge in [0.15, 0.2) is 5.82 Å². The number of hydrogen-bond acceptors (Lipinski definition) is 7. The Hall–Kier alpha value is -3.52. The highest BCUT2D eigenvalue weighted by molar-refractivity contribution is 5.58. The zero-order valence-electron chi connectivity index (χ0n) is 17.8. The Morgan fingerprint density at radius 3 is 2.24 bits per heavy atom. The second kappa shape index (κ2) is 9.77. The Labute approximate surface area is 189 Å². The molecule has 1 unspecified atom stereocenters. The molecule has 0 radical (unpaired) electrons. The van der Waals surface area contributed by atoms with Gasteiger partial charge >= 0.3 is 12.4 Å². The minimum absolute atomic E-state index is 0.0283. The van der Waals surface area contributed by atoms with Crippen LogP contribution in [0.1, 0.15) is 22.6 Å². The number of benzene rings is 1. The van der Waals surface area contributed by atoms with Crippen LogP contribution in [-0.2, 0) is 12.4 Å². The van der Waals surface area contributed by atoms with E-state index in [-0.39, 0.29) is 18.6 Å². The summed E-state index contributed by atoms with van der Waals surface area (Å²) in [7, 11) is 0. The van der Waals surface area contributed by atoms with E-state index in [0.717, 1.165) is 16.7 Å². The number of anilines is 1. The van der Waals surface area contributed by atoms with Crippen molar-refractivity contribution in [2.24, 2.45) is 0 Å². The summed E-state index contributed by atoms with van der Waals surface area (Å²) in [6.07, 6.45) is -7.54. The Kier molecular flexibility index (Phi) is 7.21. The Morgan fingerprint density at radius 1 is 1.00 bits per heavy atom. The SMILES string of the molecule is Cc1cc(NCNC(O)/C=C\n2cnc(-c3cc(C(F)(F)F)cc(C(F)(F)F)c3)n2)nc(C)n1. The van der Waals surface area contributed by atoms with Crippen molar-refractivity contribution in [1.82, 2.24) is 30.0 Å². The maximum absolute atomic E-state index is 13.0. The molecule has 34 heavy (non-hydrogen) atoms. The van der Waals surface area contributed by atoms with Gasteiger partial charge in [0.1, 0.15) is 24.2 Å². The van der Waals surface area contributed by atoms with Gasteiger partial charge in [0, 0.05) is 23.5 Å². The quantitative estimate of drug-likeness (QED) is 0.344. The molecule has 1 aromatic carbocycles. The summed E-state index contributed by atoms with van der Waals surface area (Å²) in [6, 6.07) is 2.82. The van der Waals surface area contributed by atoms with Crippen molar-refractivity contribution in [3.8, 4) is 11.4 Å². The highest BCUT2D eigenvalue weighted by Gasteiger charge is 2.37. The first-order chi connectivity index (χ1) is 15.8. The number of aliphatic hydroxyl groups is 1. The molecule has 0 aliphatic rings. The van der Waals surface area contributed by atoms with E-state index < -0.39 is 35.3 Å². The summed E-state index contributed by atoms with van der Waals surface area (Å²) < 4.78 is 79.3. The number of alkyl halides is 6. The molecule has 1 atom stereocenters. The fraction of sp³-hybridized carbons (Fsp3) is 0.300. The molecular weight excluding hydrogens is 468 g/mol. The maximum Gasteiger partial charge on any atom is 0.416 e. The fourth-order valence-electron chi connectivity index (χ4n) is 2.85. The lowest BCUT2D eigenvalue weighted by Crippen LogP contribution is -2.31. The number of halogens is 6. The van der Waals surface area contributed by atoms with Gasteiger partial charge in [0.05, 0.1) is 17.8 Å². The summed E-state index contributed by atoms with van der Waals surface area (Å²) in [4.78, 5) is 12.1. The normalized spacial score (nSPS) is 13.4. The standard InChI is InChI=1S/C20H19F6N7O/c1-11-5-16(31-12(2)30-11)27-9-28-17(34)3-4-33-10-29-18(32-33)13-6-14(19(21,22)23)8-15(7-13)20(24,25)26/h3-8,10,17,28,34H,9H2,1-2H3,(H,27,30,31)/b4-3-. The molecule has 0 saturated carbocycles. The number of aliphatic hydroxyl groups excluding tert-OH is 1. The first-order valence-electron chi connectivity index (χ1n) is 9.68. The van der Waals surface area contributed by atoms with Crippen molar-refractivity contribution in [1.29, 1.82) is 0 Å². The van der Waals surface area contributed by atoms with Gasteiger partial charge < -0.3 is 10.4 Å². The van der Waals surface area contributed by atoms with Crippen LogP contribution in [0.3, 0.4) is 0 Å². The highest BCUT2D eigenvalue weighted by atomic mass is 19.4. The van der Waals surface area contributed by atoms with E-state index in [1.165, 1.54) is 12.3 Å². The van der Waals surface area contributed by atoms with Crippen molar-refractivity contribution in [3.63, 3.8) is 0 Å². The van der Waals surface area contributed by atoms with Crippen molar-refractivity contribution >= 4 is 12.0 Å². The molecule has 0 aliphatic heterocycles. The summed E-state index contributed by atoms with van der Waals surface area (Å²) in [5.74, 6) is 0.779. The molecule has 3 N–H and O–H groups in total. The number of hydrogen-bond donors (Lipinski definition) is 3. The molecule has 2 aromatic heterocycles. The average molecular weight is 487 g/mol. The Balaban J connectivity index is 1.67. The molecule has 14 heteroatoms. The number of aromatic nitrogens is 5. The van der Waals surface area contributed by atoms with Crippen LogP contribution in [0.5, 0.6) is 0 Å². The summed E-state index contributed by atoms with van der Waals surface area (Å²) in [6.45, 7) is 3.67. The van der Waals surface area contributed by atoms with E-state index in [1.54, 1.807) is 19.9 Å². The van der Waals surface area contributed by atoms with E-state index >= 15 is 0 Å². The number of nitrogens with one attached hydrogen (secondary N) is 2. The first kappa shape index (κ1) is 25.1. The molecule has 3 aromatic rings. The third kappa shape index (κ3) is 6.74. The largest absolute Gasteiger partial charge is 0.416 e. The van der Waals surface area contributed by atoms with Crippen molar-refractivity contribution in [3.05, 3.63) is 59.3 Å². The van der Waals surface area contributed by atoms with E-state index in [4.69, 9.17) is 0 Å². The fourth-order valence-corrected chi connectivity index (χ4v) is 2.85. The Morgan fingerprint density at radius 2 is 1.65 bits per heavy atom. The van der Waals surface area contributed by atoms with Crippen LogP contribution in [0, 0.1) is 13.8 Å². The van der Waals surface area contributed by atoms with Crippen molar-refractivity contribution in [2.75, 3.05) is 12.0 Å². The number of nitrogens with zero attached hydrogens (tertiary/aromatic N) is 5. The molecule has 0 fully saturated rings. The summed E-state index contributed by atoms with van der Waals surface area (Å²) in [5, 5.41) is 19.5.